The van der Waals surface area contributed by atoms with Gasteiger partial charge >= 0.3 is 0 Å². The van der Waals surface area contributed by atoms with Crippen LogP contribution in [0, 0.1) is 0 Å². The second kappa shape index (κ2) is 10.4. The Bertz CT molecular complexity index is 1270. The van der Waals surface area contributed by atoms with Gasteiger partial charge in [0.2, 0.25) is 17.5 Å². The highest BCUT2D eigenvalue weighted by molar-refractivity contribution is 6.27. The molecule has 3 fully saturated rings. The van der Waals surface area contributed by atoms with Crippen LogP contribution in [0.1, 0.15) is 45.5 Å². The van der Waals surface area contributed by atoms with E-state index >= 15 is 0 Å². The highest BCUT2D eigenvalue weighted by Gasteiger charge is 2.45. The zero-order valence-electron chi connectivity index (χ0n) is 21.8. The van der Waals surface area contributed by atoms with Gasteiger partial charge in [0, 0.05) is 62.5 Å². The van der Waals surface area contributed by atoms with Crippen molar-refractivity contribution in [2.24, 2.45) is 0 Å². The normalized spacial score (nSPS) is 23.2. The Morgan fingerprint density at radius 1 is 0.947 bits per heavy atom. The Labute approximate surface area is 223 Å². The summed E-state index contributed by atoms with van der Waals surface area (Å²) in [5.74, 6) is -0.686. The first-order valence-electron chi connectivity index (χ1n) is 13.5. The lowest BCUT2D eigenvalue weighted by molar-refractivity contribution is -0.131. The molecule has 1 N–H and O–H groups in total. The summed E-state index contributed by atoms with van der Waals surface area (Å²) in [5, 5.41) is 3.28. The number of allylic oxidation sites excluding steroid dienone is 2. The number of ketones is 2. The van der Waals surface area contributed by atoms with Crippen LogP contribution in [0.5, 0.6) is 0 Å². The standard InChI is InChI=1S/C30H34N4O4/c1-38-14-13-34(28-27(31-21-11-12-21)29(36)24-9-5-6-10-25(24)30(28)37)26(35)19-33-18-22-15-23(33)17-32(22)16-20-7-3-2-4-8-20/h2-10,21-23,31H,11-19H2,1H3/t22-,23+/m1/s1. The molecule has 8 heteroatoms. The molecule has 2 atom stereocenters. The van der Waals surface area contributed by atoms with Gasteiger partial charge in [-0.15, -0.1) is 0 Å². The average molecular weight is 515 g/mol. The third-order valence-corrected chi connectivity index (χ3v) is 8.15. The third-order valence-electron chi connectivity index (χ3n) is 8.15. The number of likely N-dealkylation sites (tertiary alicyclic amines) is 2. The molecule has 4 aliphatic rings. The molecule has 2 aromatic rings. The summed E-state index contributed by atoms with van der Waals surface area (Å²) >= 11 is 0. The Morgan fingerprint density at radius 3 is 2.26 bits per heavy atom. The number of benzene rings is 2. The van der Waals surface area contributed by atoms with Crippen LogP contribution in [0.2, 0.25) is 0 Å². The highest BCUT2D eigenvalue weighted by atomic mass is 16.5. The lowest BCUT2D eigenvalue weighted by atomic mass is 9.89. The molecule has 2 aromatic carbocycles. The van der Waals surface area contributed by atoms with E-state index in [0.29, 0.717) is 23.2 Å². The number of fused-ring (bicyclic) bond motifs is 3. The molecule has 198 valence electrons. The van der Waals surface area contributed by atoms with Gasteiger partial charge in [0.05, 0.1) is 13.2 Å². The predicted molar refractivity (Wildman–Crippen MR) is 142 cm³/mol. The fraction of sp³-hybridized carbons (Fsp3) is 0.433. The quantitative estimate of drug-likeness (QED) is 0.522. The van der Waals surface area contributed by atoms with Gasteiger partial charge in [-0.25, -0.2) is 0 Å². The van der Waals surface area contributed by atoms with Crippen LogP contribution in [0.4, 0.5) is 0 Å². The number of methoxy groups -OCH3 is 1. The predicted octanol–water partition coefficient (Wildman–Crippen LogP) is 2.46. The molecule has 0 aromatic heterocycles. The summed E-state index contributed by atoms with van der Waals surface area (Å²) < 4.78 is 5.31. The van der Waals surface area contributed by atoms with Crippen molar-refractivity contribution in [3.8, 4) is 0 Å². The molecular formula is C30H34N4O4. The van der Waals surface area contributed by atoms with Gasteiger partial charge in [0.25, 0.3) is 0 Å². The number of ether oxygens (including phenoxy) is 1. The van der Waals surface area contributed by atoms with Crippen molar-refractivity contribution < 1.29 is 19.1 Å². The lowest BCUT2D eigenvalue weighted by Crippen LogP contribution is -2.51. The summed E-state index contributed by atoms with van der Waals surface area (Å²) in [7, 11) is 1.57. The molecule has 38 heavy (non-hydrogen) atoms. The van der Waals surface area contributed by atoms with E-state index < -0.39 is 0 Å². The van der Waals surface area contributed by atoms with E-state index in [4.69, 9.17) is 4.74 Å². The molecule has 2 saturated heterocycles. The topological polar surface area (TPSA) is 82.2 Å². The molecule has 2 heterocycles. The smallest absolute Gasteiger partial charge is 0.241 e. The number of Topliss-reactive ketones (excluding diaryl/α,β-unsaturated/α-hetero) is 2. The molecule has 0 spiro atoms. The fourth-order valence-corrected chi connectivity index (χ4v) is 6.03. The van der Waals surface area contributed by atoms with Gasteiger partial charge in [-0.3, -0.25) is 24.2 Å². The van der Waals surface area contributed by atoms with Gasteiger partial charge < -0.3 is 15.0 Å². The van der Waals surface area contributed by atoms with Crippen LogP contribution >= 0.6 is 0 Å². The van der Waals surface area contributed by atoms with Crippen molar-refractivity contribution in [3.63, 3.8) is 0 Å². The second-order valence-electron chi connectivity index (χ2n) is 10.8. The number of hydrogen-bond acceptors (Lipinski definition) is 7. The third kappa shape index (κ3) is 4.79. The van der Waals surface area contributed by atoms with Crippen LogP contribution < -0.4 is 5.32 Å². The first-order valence-corrected chi connectivity index (χ1v) is 13.5. The van der Waals surface area contributed by atoms with E-state index in [1.165, 1.54) is 10.5 Å². The first kappa shape index (κ1) is 25.0. The molecule has 2 bridgehead atoms. The van der Waals surface area contributed by atoms with E-state index in [2.05, 4.69) is 39.4 Å². The van der Waals surface area contributed by atoms with Gasteiger partial charge in [0.1, 0.15) is 11.4 Å². The van der Waals surface area contributed by atoms with E-state index in [1.807, 2.05) is 6.07 Å². The molecule has 1 saturated carbocycles. The van der Waals surface area contributed by atoms with Crippen molar-refractivity contribution in [2.45, 2.75) is 43.9 Å². The van der Waals surface area contributed by atoms with E-state index in [-0.39, 0.29) is 54.6 Å². The van der Waals surface area contributed by atoms with Gasteiger partial charge in [-0.1, -0.05) is 54.6 Å². The molecule has 0 unspecified atom stereocenters. The number of nitrogens with zero attached hydrogens (tertiary/aromatic N) is 3. The maximum atomic E-state index is 13.9. The number of carbonyl (C=O) groups is 3. The van der Waals surface area contributed by atoms with Crippen molar-refractivity contribution in [2.75, 3.05) is 39.9 Å². The molecule has 6 rings (SSSR count). The molecule has 0 radical (unpaired) electrons. The highest BCUT2D eigenvalue weighted by Crippen LogP contribution is 2.33. The minimum atomic E-state index is -0.287. The zero-order chi connectivity index (χ0) is 26.2. The van der Waals surface area contributed by atoms with Crippen LogP contribution in [-0.2, 0) is 16.1 Å². The van der Waals surface area contributed by atoms with E-state index in [0.717, 1.165) is 38.9 Å². The van der Waals surface area contributed by atoms with Gasteiger partial charge in [-0.2, -0.15) is 0 Å². The average Bonchev–Trinajstić information content (AvgIpc) is 3.56. The van der Waals surface area contributed by atoms with Gasteiger partial charge in [-0.05, 0) is 24.8 Å². The molecular weight excluding hydrogens is 480 g/mol. The van der Waals surface area contributed by atoms with Crippen LogP contribution in [-0.4, -0.2) is 90.2 Å². The maximum absolute atomic E-state index is 13.9. The van der Waals surface area contributed by atoms with Crippen molar-refractivity contribution in [1.82, 2.24) is 20.0 Å². The molecule has 2 aliphatic carbocycles. The number of amides is 1. The van der Waals surface area contributed by atoms with Crippen LogP contribution in [0.25, 0.3) is 0 Å². The summed E-state index contributed by atoms with van der Waals surface area (Å²) in [4.78, 5) is 47.4. The summed E-state index contributed by atoms with van der Waals surface area (Å²) in [5.41, 5.74) is 2.45. The maximum Gasteiger partial charge on any atom is 0.241 e. The zero-order valence-corrected chi connectivity index (χ0v) is 21.8. The SMILES string of the molecule is COCCN(C(=O)CN1C[C@H]2C[C@H]1CN2Cc1ccccc1)C1=C(NC2CC2)C(=O)c2ccccc2C1=O. The minimum absolute atomic E-state index is 0.159. The van der Waals surface area contributed by atoms with Crippen LogP contribution in [0.15, 0.2) is 66.0 Å². The van der Waals surface area contributed by atoms with Crippen molar-refractivity contribution in [1.29, 1.82) is 0 Å². The largest absolute Gasteiger partial charge is 0.383 e. The summed E-state index contributed by atoms with van der Waals surface area (Å²) in [6.45, 7) is 3.36. The minimum Gasteiger partial charge on any atom is -0.383 e. The van der Waals surface area contributed by atoms with Crippen molar-refractivity contribution in [3.05, 3.63) is 82.7 Å². The number of piperazine rings is 1. The number of rotatable bonds is 10. The lowest BCUT2D eigenvalue weighted by Gasteiger charge is -2.36. The Hall–Kier alpha value is -3.33. The molecule has 2 aliphatic heterocycles. The summed E-state index contributed by atoms with van der Waals surface area (Å²) in [6.07, 6.45) is 2.94. The van der Waals surface area contributed by atoms with Crippen molar-refractivity contribution >= 4 is 17.5 Å². The monoisotopic (exact) mass is 514 g/mol. The van der Waals surface area contributed by atoms with E-state index in [1.54, 1.807) is 31.4 Å². The second-order valence-corrected chi connectivity index (χ2v) is 10.8. The molecule has 1 amide bonds. The Morgan fingerprint density at radius 2 is 1.61 bits per heavy atom. The Balaban J connectivity index is 1.22. The van der Waals surface area contributed by atoms with Crippen LogP contribution in [0.3, 0.4) is 0 Å². The number of hydrogen-bond donors (Lipinski definition) is 1. The number of nitrogens with one attached hydrogen (secondary N) is 1. The first-order chi connectivity index (χ1) is 18.5. The summed E-state index contributed by atoms with van der Waals surface area (Å²) in [6, 6.07) is 18.2. The van der Waals surface area contributed by atoms with E-state index in [9.17, 15) is 14.4 Å². The van der Waals surface area contributed by atoms with Gasteiger partial charge in [0.15, 0.2) is 0 Å². The number of carbonyl (C=O) groups excluding carboxylic acids is 3. The molecule has 8 nitrogen and oxygen atoms in total. The Kier molecular flexibility index (Phi) is 6.86. The fourth-order valence-electron chi connectivity index (χ4n) is 6.03.